The third-order valence-electron chi connectivity index (χ3n) is 3.48. The van der Waals surface area contributed by atoms with Crippen LogP contribution in [-0.4, -0.2) is 29.1 Å². The Balaban J connectivity index is 2.15. The van der Waals surface area contributed by atoms with E-state index in [4.69, 9.17) is 0 Å². The number of amides is 1. The fourth-order valence-electron chi connectivity index (χ4n) is 2.36. The van der Waals surface area contributed by atoms with Crippen LogP contribution in [0.1, 0.15) is 32.6 Å². The van der Waals surface area contributed by atoms with Gasteiger partial charge in [-0.2, -0.15) is 13.2 Å². The van der Waals surface area contributed by atoms with Gasteiger partial charge in [-0.1, -0.05) is 6.92 Å². The molecule has 1 saturated carbocycles. The van der Waals surface area contributed by atoms with Gasteiger partial charge in [-0.05, 0) is 31.6 Å². The molecule has 1 saturated heterocycles. The average Bonchev–Trinajstić information content (AvgIpc) is 2.88. The Kier molecular flexibility index (Phi) is 2.24. The van der Waals surface area contributed by atoms with Crippen molar-refractivity contribution in [2.45, 2.75) is 44.3 Å². The van der Waals surface area contributed by atoms with Crippen molar-refractivity contribution in [3.05, 3.63) is 0 Å². The van der Waals surface area contributed by atoms with Gasteiger partial charge in [-0.25, -0.2) is 0 Å². The second-order valence-corrected chi connectivity index (χ2v) is 4.78. The molecule has 1 amide bonds. The Hall–Kier alpha value is -0.740. The zero-order valence-electron chi connectivity index (χ0n) is 8.60. The van der Waals surface area contributed by atoms with E-state index in [9.17, 15) is 18.0 Å². The van der Waals surface area contributed by atoms with Crippen molar-refractivity contribution in [2.24, 2.45) is 5.92 Å². The SMILES string of the molecule is C[C@@H]1CCC2(CC2)N(C(=O)C(F)(F)F)C1. The number of carbonyl (C=O) groups is 1. The first-order valence-electron chi connectivity index (χ1n) is 5.24. The van der Waals surface area contributed by atoms with Crippen LogP contribution in [-0.2, 0) is 4.79 Å². The topological polar surface area (TPSA) is 20.3 Å². The minimum atomic E-state index is -4.72. The van der Waals surface area contributed by atoms with Gasteiger partial charge < -0.3 is 4.90 Å². The first kappa shape index (κ1) is 10.8. The Bertz CT molecular complexity index is 283. The number of halogens is 3. The number of hydrogen-bond donors (Lipinski definition) is 0. The van der Waals surface area contributed by atoms with E-state index < -0.39 is 17.6 Å². The molecule has 2 rings (SSSR count). The first-order valence-corrected chi connectivity index (χ1v) is 5.24. The van der Waals surface area contributed by atoms with Crippen LogP contribution >= 0.6 is 0 Å². The van der Waals surface area contributed by atoms with Crippen molar-refractivity contribution in [1.82, 2.24) is 4.90 Å². The summed E-state index contributed by atoms with van der Waals surface area (Å²) in [4.78, 5) is 12.3. The number of likely N-dealkylation sites (tertiary alicyclic amines) is 1. The van der Waals surface area contributed by atoms with Crippen molar-refractivity contribution in [3.8, 4) is 0 Å². The molecule has 2 fully saturated rings. The highest BCUT2D eigenvalue weighted by Gasteiger charge is 2.57. The molecular formula is C10H14F3NO. The third kappa shape index (κ3) is 1.84. The molecule has 1 atom stereocenters. The molecule has 1 heterocycles. The van der Waals surface area contributed by atoms with E-state index in [1.54, 1.807) is 0 Å². The second-order valence-electron chi connectivity index (χ2n) is 4.78. The molecule has 1 aliphatic carbocycles. The molecular weight excluding hydrogens is 207 g/mol. The molecule has 1 aliphatic heterocycles. The van der Waals surface area contributed by atoms with Crippen molar-refractivity contribution >= 4 is 5.91 Å². The van der Waals surface area contributed by atoms with Crippen molar-refractivity contribution < 1.29 is 18.0 Å². The van der Waals surface area contributed by atoms with Gasteiger partial charge in [-0.3, -0.25) is 4.79 Å². The highest BCUT2D eigenvalue weighted by Crippen LogP contribution is 2.50. The number of rotatable bonds is 0. The van der Waals surface area contributed by atoms with Gasteiger partial charge in [0.25, 0.3) is 0 Å². The summed E-state index contributed by atoms with van der Waals surface area (Å²) in [5, 5.41) is 0. The van der Waals surface area contributed by atoms with E-state index in [1.807, 2.05) is 6.92 Å². The lowest BCUT2D eigenvalue weighted by Gasteiger charge is -2.39. The number of hydrogen-bond acceptors (Lipinski definition) is 1. The summed E-state index contributed by atoms with van der Waals surface area (Å²) in [5.74, 6) is -1.46. The second kappa shape index (κ2) is 3.12. The number of piperidine rings is 1. The van der Waals surface area contributed by atoms with E-state index in [0.717, 1.165) is 30.6 Å². The quantitative estimate of drug-likeness (QED) is 0.614. The molecule has 0 aromatic carbocycles. The fourth-order valence-corrected chi connectivity index (χ4v) is 2.36. The maximum absolute atomic E-state index is 12.3. The van der Waals surface area contributed by atoms with Crippen LogP contribution < -0.4 is 0 Å². The normalized spacial score (nSPS) is 29.3. The molecule has 0 aromatic rings. The molecule has 1 spiro atoms. The molecule has 2 aliphatic rings. The van der Waals surface area contributed by atoms with Crippen molar-refractivity contribution in [3.63, 3.8) is 0 Å². The summed E-state index contributed by atoms with van der Waals surface area (Å²) < 4.78 is 37.0. The Morgan fingerprint density at radius 3 is 2.40 bits per heavy atom. The summed E-state index contributed by atoms with van der Waals surface area (Å²) in [5.41, 5.74) is -0.431. The predicted molar refractivity (Wildman–Crippen MR) is 48.1 cm³/mol. The van der Waals surface area contributed by atoms with Gasteiger partial charge >= 0.3 is 12.1 Å². The van der Waals surface area contributed by atoms with Crippen molar-refractivity contribution in [2.75, 3.05) is 6.54 Å². The maximum atomic E-state index is 12.3. The van der Waals surface area contributed by atoms with Crippen LogP contribution in [0.15, 0.2) is 0 Å². The molecule has 0 aromatic heterocycles. The van der Waals surface area contributed by atoms with Crippen LogP contribution in [0.5, 0.6) is 0 Å². The molecule has 0 N–H and O–H groups in total. The first-order chi connectivity index (χ1) is 6.85. The highest BCUT2D eigenvalue weighted by atomic mass is 19.4. The molecule has 0 radical (unpaired) electrons. The summed E-state index contributed by atoms with van der Waals surface area (Å²) in [6, 6.07) is 0. The van der Waals surface area contributed by atoms with E-state index in [0.29, 0.717) is 0 Å². The highest BCUT2D eigenvalue weighted by molar-refractivity contribution is 5.83. The molecule has 0 bridgehead atoms. The van der Waals surface area contributed by atoms with Gasteiger partial charge in [0, 0.05) is 12.1 Å². The van der Waals surface area contributed by atoms with Crippen LogP contribution in [0.3, 0.4) is 0 Å². The maximum Gasteiger partial charge on any atom is 0.471 e. The third-order valence-corrected chi connectivity index (χ3v) is 3.48. The lowest BCUT2D eigenvalue weighted by molar-refractivity contribution is -0.191. The van der Waals surface area contributed by atoms with Crippen molar-refractivity contribution in [1.29, 1.82) is 0 Å². The van der Waals surface area contributed by atoms with Gasteiger partial charge in [0.15, 0.2) is 0 Å². The van der Waals surface area contributed by atoms with Crippen LogP contribution in [0.25, 0.3) is 0 Å². The van der Waals surface area contributed by atoms with Crippen LogP contribution in [0, 0.1) is 5.92 Å². The number of nitrogens with zero attached hydrogens (tertiary/aromatic N) is 1. The lowest BCUT2D eigenvalue weighted by atomic mass is 9.92. The van der Waals surface area contributed by atoms with Gasteiger partial charge in [0.2, 0.25) is 0 Å². The summed E-state index contributed by atoms with van der Waals surface area (Å²) >= 11 is 0. The largest absolute Gasteiger partial charge is 0.471 e. The zero-order chi connectivity index (χ0) is 11.3. The summed E-state index contributed by atoms with van der Waals surface area (Å²) in [6.07, 6.45) is -1.58. The molecule has 5 heteroatoms. The number of alkyl halides is 3. The van der Waals surface area contributed by atoms with E-state index >= 15 is 0 Å². The zero-order valence-corrected chi connectivity index (χ0v) is 8.60. The predicted octanol–water partition coefficient (Wildman–Crippen LogP) is 2.34. The molecule has 0 unspecified atom stereocenters. The minimum Gasteiger partial charge on any atom is -0.329 e. The lowest BCUT2D eigenvalue weighted by Crippen LogP contribution is -2.52. The minimum absolute atomic E-state index is 0.183. The van der Waals surface area contributed by atoms with E-state index in [1.165, 1.54) is 0 Å². The molecule has 15 heavy (non-hydrogen) atoms. The Labute approximate surface area is 86.4 Å². The summed E-state index contributed by atoms with van der Waals surface area (Å²) in [7, 11) is 0. The standard InChI is InChI=1S/C10H14F3NO/c1-7-2-3-9(4-5-9)14(6-7)8(15)10(11,12)13/h7H,2-6H2,1H3/t7-/m1/s1. The molecule has 86 valence electrons. The van der Waals surface area contributed by atoms with Crippen LogP contribution in [0.2, 0.25) is 0 Å². The Morgan fingerprint density at radius 2 is 1.93 bits per heavy atom. The van der Waals surface area contributed by atoms with Gasteiger partial charge in [0.1, 0.15) is 0 Å². The smallest absolute Gasteiger partial charge is 0.329 e. The van der Waals surface area contributed by atoms with Crippen LogP contribution in [0.4, 0.5) is 13.2 Å². The average molecular weight is 221 g/mol. The fraction of sp³-hybridized carbons (Fsp3) is 0.900. The summed E-state index contributed by atoms with van der Waals surface area (Å²) in [6.45, 7) is 2.16. The Morgan fingerprint density at radius 1 is 1.33 bits per heavy atom. The van der Waals surface area contributed by atoms with E-state index in [2.05, 4.69) is 0 Å². The monoisotopic (exact) mass is 221 g/mol. The molecule has 2 nitrogen and oxygen atoms in total. The van der Waals surface area contributed by atoms with Gasteiger partial charge in [0.05, 0.1) is 0 Å². The number of carbonyl (C=O) groups excluding carboxylic acids is 1. The van der Waals surface area contributed by atoms with Gasteiger partial charge in [-0.15, -0.1) is 0 Å². The van der Waals surface area contributed by atoms with E-state index in [-0.39, 0.29) is 12.5 Å².